The van der Waals surface area contributed by atoms with Crippen molar-refractivity contribution in [1.29, 1.82) is 0 Å². The first-order chi connectivity index (χ1) is 13.3. The van der Waals surface area contributed by atoms with Crippen molar-refractivity contribution in [2.24, 2.45) is 0 Å². The van der Waals surface area contributed by atoms with Gasteiger partial charge in [0.2, 0.25) is 0 Å². The number of hydrogen-bond donors (Lipinski definition) is 0. The number of fused-ring (bicyclic) bond motifs is 1. The van der Waals surface area contributed by atoms with Crippen LogP contribution in [0.1, 0.15) is 39.2 Å². The molecule has 1 spiro atoms. The van der Waals surface area contributed by atoms with Gasteiger partial charge in [-0.1, -0.05) is 46.3 Å². The van der Waals surface area contributed by atoms with Gasteiger partial charge >= 0.3 is 6.09 Å². The third kappa shape index (κ3) is 2.81. The van der Waals surface area contributed by atoms with E-state index in [-0.39, 0.29) is 29.5 Å². The second-order valence-corrected chi connectivity index (χ2v) is 9.14. The molecule has 1 aliphatic carbocycles. The van der Waals surface area contributed by atoms with Gasteiger partial charge in [0.1, 0.15) is 5.60 Å². The van der Waals surface area contributed by atoms with E-state index in [4.69, 9.17) is 4.74 Å². The fraction of sp³-hybridized carbons (Fsp3) is 0.455. The van der Waals surface area contributed by atoms with E-state index in [1.54, 1.807) is 4.99 Å². The molecule has 1 aromatic rings. The van der Waals surface area contributed by atoms with E-state index in [9.17, 15) is 9.59 Å². The third-order valence-electron chi connectivity index (χ3n) is 5.96. The van der Waals surface area contributed by atoms with Crippen molar-refractivity contribution >= 4 is 33.6 Å². The van der Waals surface area contributed by atoms with Crippen LogP contribution in [0.2, 0.25) is 0 Å². The molecule has 4 rings (SSSR count). The summed E-state index contributed by atoms with van der Waals surface area (Å²) in [6.07, 6.45) is 7.07. The van der Waals surface area contributed by atoms with E-state index in [2.05, 4.69) is 34.1 Å². The predicted molar refractivity (Wildman–Crippen MR) is 113 cm³/mol. The number of halogens is 1. The number of para-hydroxylation sites is 1. The average Bonchev–Trinajstić information content (AvgIpc) is 3.15. The number of hydrogen-bond acceptors (Lipinski definition) is 3. The number of anilines is 1. The second kappa shape index (κ2) is 6.76. The molecule has 2 heterocycles. The molecule has 2 amide bonds. The first-order valence-electron chi connectivity index (χ1n) is 9.65. The van der Waals surface area contributed by atoms with Crippen LogP contribution in [0.3, 0.4) is 0 Å². The molecule has 0 radical (unpaired) electrons. The highest BCUT2D eigenvalue weighted by Crippen LogP contribution is 2.56. The van der Waals surface area contributed by atoms with Crippen molar-refractivity contribution in [2.75, 3.05) is 11.4 Å². The summed E-state index contributed by atoms with van der Waals surface area (Å²) < 4.78 is 5.68. The Hall–Kier alpha value is -2.08. The zero-order chi connectivity index (χ0) is 20.1. The molecule has 1 fully saturated rings. The van der Waals surface area contributed by atoms with Crippen molar-refractivity contribution in [1.82, 2.24) is 4.90 Å². The Balaban J connectivity index is 1.78. The van der Waals surface area contributed by atoms with E-state index in [1.807, 2.05) is 48.8 Å². The Labute approximate surface area is 174 Å². The molecule has 3 aliphatic rings. The molecule has 0 aromatic heterocycles. The highest BCUT2D eigenvalue weighted by molar-refractivity contribution is 9.11. The van der Waals surface area contributed by atoms with Crippen LogP contribution < -0.4 is 4.90 Å². The zero-order valence-electron chi connectivity index (χ0n) is 16.4. The second-order valence-electron chi connectivity index (χ2n) is 8.61. The Morgan fingerprint density at radius 3 is 2.75 bits per heavy atom. The molecule has 3 atom stereocenters. The monoisotopic (exact) mass is 444 g/mol. The van der Waals surface area contributed by atoms with Crippen LogP contribution >= 0.6 is 15.9 Å². The molecule has 0 N–H and O–H groups in total. The predicted octanol–water partition coefficient (Wildman–Crippen LogP) is 4.52. The van der Waals surface area contributed by atoms with Crippen molar-refractivity contribution in [3.63, 3.8) is 0 Å². The summed E-state index contributed by atoms with van der Waals surface area (Å²) in [5, 5.41) is 0. The molecule has 1 saturated heterocycles. The number of benzene rings is 1. The molecule has 0 unspecified atom stereocenters. The maximum atomic E-state index is 12.9. The summed E-state index contributed by atoms with van der Waals surface area (Å²) in [4.78, 5) is 31.2. The van der Waals surface area contributed by atoms with Gasteiger partial charge in [-0.05, 0) is 50.2 Å². The fourth-order valence-electron chi connectivity index (χ4n) is 5.04. The lowest BCUT2D eigenvalue weighted by molar-refractivity contribution is -0.114. The van der Waals surface area contributed by atoms with Gasteiger partial charge < -0.3 is 14.5 Å². The Bertz CT molecular complexity index is 873. The number of carbonyl (C=O) groups excluding carboxylic acids is 2. The SMILES string of the molecule is CC(C)(C)OC(=O)N1CC[C@@]23c4ccccc4N(C(=O)/C=C/Br)[C@H]2C=CC[C@H]13. The highest BCUT2D eigenvalue weighted by atomic mass is 79.9. The van der Waals surface area contributed by atoms with Crippen molar-refractivity contribution < 1.29 is 14.3 Å². The van der Waals surface area contributed by atoms with Crippen molar-refractivity contribution in [2.45, 2.75) is 56.7 Å². The molecule has 2 aliphatic heterocycles. The lowest BCUT2D eigenvalue weighted by Crippen LogP contribution is -2.55. The lowest BCUT2D eigenvalue weighted by atomic mass is 9.67. The van der Waals surface area contributed by atoms with Gasteiger partial charge in [-0.2, -0.15) is 0 Å². The first kappa shape index (κ1) is 19.2. The van der Waals surface area contributed by atoms with Crippen LogP contribution in [-0.2, 0) is 14.9 Å². The fourth-order valence-corrected chi connectivity index (χ4v) is 5.27. The minimum Gasteiger partial charge on any atom is -0.444 e. The van der Waals surface area contributed by atoms with Crippen LogP contribution in [-0.4, -0.2) is 41.1 Å². The van der Waals surface area contributed by atoms with Gasteiger partial charge in [-0.3, -0.25) is 4.79 Å². The third-order valence-corrected chi connectivity index (χ3v) is 6.22. The first-order valence-corrected chi connectivity index (χ1v) is 10.6. The summed E-state index contributed by atoms with van der Waals surface area (Å²) in [6.45, 7) is 6.29. The largest absolute Gasteiger partial charge is 0.444 e. The quantitative estimate of drug-likeness (QED) is 0.472. The van der Waals surface area contributed by atoms with Gasteiger partial charge in [-0.25, -0.2) is 4.79 Å². The average molecular weight is 445 g/mol. The molecule has 1 aromatic carbocycles. The van der Waals surface area contributed by atoms with E-state index in [0.717, 1.165) is 24.1 Å². The molecule has 6 heteroatoms. The number of carbonyl (C=O) groups is 2. The van der Waals surface area contributed by atoms with Gasteiger partial charge in [0.15, 0.2) is 0 Å². The standard InChI is InChI=1S/C22H25BrN2O3/c1-21(2,3)28-20(27)24-14-12-22-15-7-4-5-8-16(15)25(19(26)11-13-23)18(22)10-6-9-17(22)24/h4-8,10-11,13,17-18H,9,12,14H2,1-3H3/b13-11+/t17-,18-,22-/m0/s1. The molecule has 5 nitrogen and oxygen atoms in total. The minimum atomic E-state index is -0.535. The number of rotatable bonds is 1. The molecular weight excluding hydrogens is 420 g/mol. The molecule has 148 valence electrons. The number of ether oxygens (including phenoxy) is 1. The summed E-state index contributed by atoms with van der Waals surface area (Å²) in [5.74, 6) is -0.0628. The summed E-state index contributed by atoms with van der Waals surface area (Å²) >= 11 is 3.22. The van der Waals surface area contributed by atoms with Gasteiger partial charge in [0.25, 0.3) is 5.91 Å². The number of nitrogens with zero attached hydrogens (tertiary/aromatic N) is 2. The summed E-state index contributed by atoms with van der Waals surface area (Å²) in [7, 11) is 0. The topological polar surface area (TPSA) is 49.9 Å². The number of amides is 2. The molecule has 0 saturated carbocycles. The highest BCUT2D eigenvalue weighted by Gasteiger charge is 2.61. The van der Waals surface area contributed by atoms with Crippen LogP contribution in [0, 0.1) is 0 Å². The van der Waals surface area contributed by atoms with Gasteiger partial charge in [0.05, 0.1) is 12.1 Å². The van der Waals surface area contributed by atoms with Crippen LogP contribution in [0.25, 0.3) is 0 Å². The van der Waals surface area contributed by atoms with Crippen molar-refractivity contribution in [3.05, 3.63) is 53.0 Å². The summed E-state index contributed by atoms with van der Waals surface area (Å²) in [6, 6.07) is 7.97. The Kier molecular flexibility index (Phi) is 4.65. The van der Waals surface area contributed by atoms with E-state index in [0.29, 0.717) is 6.54 Å². The molecule has 0 bridgehead atoms. The van der Waals surface area contributed by atoms with E-state index >= 15 is 0 Å². The Morgan fingerprint density at radius 1 is 1.29 bits per heavy atom. The minimum absolute atomic E-state index is 0.0238. The van der Waals surface area contributed by atoms with Crippen LogP contribution in [0.5, 0.6) is 0 Å². The van der Waals surface area contributed by atoms with E-state index < -0.39 is 5.60 Å². The van der Waals surface area contributed by atoms with Crippen LogP contribution in [0.15, 0.2) is 47.5 Å². The summed E-state index contributed by atoms with van der Waals surface area (Å²) in [5.41, 5.74) is 1.26. The molecular formula is C22H25BrN2O3. The maximum absolute atomic E-state index is 12.9. The van der Waals surface area contributed by atoms with Gasteiger partial charge in [-0.15, -0.1) is 0 Å². The van der Waals surface area contributed by atoms with Crippen molar-refractivity contribution in [3.8, 4) is 0 Å². The van der Waals surface area contributed by atoms with Gasteiger partial charge in [0, 0.05) is 23.7 Å². The van der Waals surface area contributed by atoms with Crippen LogP contribution in [0.4, 0.5) is 10.5 Å². The lowest BCUT2D eigenvalue weighted by Gasteiger charge is -2.42. The zero-order valence-corrected chi connectivity index (χ0v) is 18.0. The normalized spacial score (nSPS) is 28.3. The Morgan fingerprint density at radius 2 is 2.04 bits per heavy atom. The number of likely N-dealkylation sites (tertiary alicyclic amines) is 1. The van der Waals surface area contributed by atoms with E-state index in [1.165, 1.54) is 6.08 Å². The maximum Gasteiger partial charge on any atom is 0.410 e. The molecule has 28 heavy (non-hydrogen) atoms. The smallest absolute Gasteiger partial charge is 0.410 e.